The summed E-state index contributed by atoms with van der Waals surface area (Å²) >= 11 is 0. The lowest BCUT2D eigenvalue weighted by Gasteiger charge is -2.31. The molecule has 0 radical (unpaired) electrons. The van der Waals surface area contributed by atoms with Crippen molar-refractivity contribution in [3.8, 4) is 11.3 Å². The number of hydrogen-bond acceptors (Lipinski definition) is 5. The van der Waals surface area contributed by atoms with Gasteiger partial charge in [0.1, 0.15) is 12.7 Å². The van der Waals surface area contributed by atoms with Crippen molar-refractivity contribution in [3.05, 3.63) is 53.5 Å². The van der Waals surface area contributed by atoms with E-state index in [2.05, 4.69) is 93.4 Å². The summed E-state index contributed by atoms with van der Waals surface area (Å²) < 4.78 is 1.87. The molecule has 8 heteroatoms. The molecule has 182 valence electrons. The first-order valence-corrected chi connectivity index (χ1v) is 12.4. The smallest absolute Gasteiger partial charge is 0.158 e. The molecule has 1 aliphatic heterocycles. The van der Waals surface area contributed by atoms with Crippen LogP contribution in [0.1, 0.15) is 55.2 Å². The maximum Gasteiger partial charge on any atom is 0.158 e. The number of rotatable bonds is 8. The zero-order valence-electron chi connectivity index (χ0n) is 20.8. The fraction of sp³-hybridized carbons (Fsp3) is 0.407. The van der Waals surface area contributed by atoms with E-state index in [1.54, 1.807) is 12.7 Å². The van der Waals surface area contributed by atoms with Gasteiger partial charge in [0.25, 0.3) is 0 Å². The molecule has 4 heterocycles. The molecular weight excluding hydrogens is 436 g/mol. The van der Waals surface area contributed by atoms with E-state index in [4.69, 9.17) is 0 Å². The Morgan fingerprint density at radius 3 is 2.86 bits per heavy atom. The second-order valence-corrected chi connectivity index (χ2v) is 9.75. The molecule has 3 aromatic heterocycles. The number of aliphatic imine (C=N–C) groups is 1. The number of aromatic amines is 1. The highest BCUT2D eigenvalue weighted by Crippen LogP contribution is 2.38. The summed E-state index contributed by atoms with van der Waals surface area (Å²) in [5.74, 6) is 0.992. The summed E-state index contributed by atoms with van der Waals surface area (Å²) in [5.41, 5.74) is 11.0. The summed E-state index contributed by atoms with van der Waals surface area (Å²) in [6.45, 7) is 14.0. The molecule has 0 bridgehead atoms. The highest BCUT2D eigenvalue weighted by molar-refractivity contribution is 5.92. The van der Waals surface area contributed by atoms with Gasteiger partial charge in [0.2, 0.25) is 0 Å². The van der Waals surface area contributed by atoms with Crippen molar-refractivity contribution in [2.24, 2.45) is 10.1 Å². The average molecular weight is 471 g/mol. The molecule has 0 amide bonds. The van der Waals surface area contributed by atoms with E-state index < -0.39 is 0 Å². The zero-order chi connectivity index (χ0) is 24.4. The molecule has 0 atom stereocenters. The van der Waals surface area contributed by atoms with Gasteiger partial charge in [-0.3, -0.25) is 10.4 Å². The first-order chi connectivity index (χ1) is 17.0. The van der Waals surface area contributed by atoms with Crippen molar-refractivity contribution in [1.29, 1.82) is 0 Å². The van der Waals surface area contributed by atoms with Gasteiger partial charge < -0.3 is 9.88 Å². The van der Waals surface area contributed by atoms with Crippen LogP contribution < -0.4 is 5.43 Å². The summed E-state index contributed by atoms with van der Waals surface area (Å²) in [5, 5.41) is 9.28. The van der Waals surface area contributed by atoms with Crippen molar-refractivity contribution in [2.75, 3.05) is 26.2 Å². The molecule has 0 unspecified atom stereocenters. The van der Waals surface area contributed by atoms with Gasteiger partial charge in [0.05, 0.1) is 12.2 Å². The Bertz CT molecular complexity index is 1350. The van der Waals surface area contributed by atoms with Gasteiger partial charge in [0, 0.05) is 35.9 Å². The topological polar surface area (TPSA) is 86.0 Å². The van der Waals surface area contributed by atoms with Crippen LogP contribution in [0.3, 0.4) is 0 Å². The van der Waals surface area contributed by atoms with Crippen LogP contribution >= 0.6 is 0 Å². The minimum atomic E-state index is 0.397. The maximum absolute atomic E-state index is 4.38. The molecule has 1 aliphatic rings. The molecular formula is C27H34N8. The number of nitrogens with one attached hydrogen (secondary N) is 2. The molecule has 0 spiro atoms. The lowest BCUT2D eigenvalue weighted by Crippen LogP contribution is -2.34. The third-order valence-corrected chi connectivity index (χ3v) is 7.13. The van der Waals surface area contributed by atoms with E-state index >= 15 is 0 Å². The summed E-state index contributed by atoms with van der Waals surface area (Å²) in [7, 11) is 0. The van der Waals surface area contributed by atoms with Gasteiger partial charge in [0.15, 0.2) is 5.65 Å². The predicted octanol–water partition coefficient (Wildman–Crippen LogP) is 4.72. The van der Waals surface area contributed by atoms with Gasteiger partial charge in [-0.2, -0.15) is 10.2 Å². The molecule has 1 saturated heterocycles. The Morgan fingerprint density at radius 2 is 2.09 bits per heavy atom. The maximum atomic E-state index is 4.38. The SMILES string of the molecule is C=NNC=NCCN1CCC(c2ccc3[nH]c(-c4cc(C)c5ncnn5c4)c(C(C)C)c3c2)CC1. The van der Waals surface area contributed by atoms with Crippen LogP contribution in [0.15, 0.2) is 46.9 Å². The third-order valence-electron chi connectivity index (χ3n) is 7.13. The quantitative estimate of drug-likeness (QED) is 0.222. The Morgan fingerprint density at radius 1 is 1.26 bits per heavy atom. The van der Waals surface area contributed by atoms with Crippen LogP contribution in [0, 0.1) is 6.92 Å². The van der Waals surface area contributed by atoms with Crippen LogP contribution in [-0.4, -0.2) is 63.7 Å². The van der Waals surface area contributed by atoms with E-state index in [1.165, 1.54) is 40.6 Å². The zero-order valence-corrected chi connectivity index (χ0v) is 20.8. The average Bonchev–Trinajstić information content (AvgIpc) is 3.49. The van der Waals surface area contributed by atoms with Gasteiger partial charge in [-0.1, -0.05) is 19.9 Å². The summed E-state index contributed by atoms with van der Waals surface area (Å²) in [4.78, 5) is 14.9. The second-order valence-electron chi connectivity index (χ2n) is 9.75. The van der Waals surface area contributed by atoms with Gasteiger partial charge in [-0.05, 0) is 79.6 Å². The number of aryl methyl sites for hydroxylation is 1. The Labute approximate surface area is 206 Å². The van der Waals surface area contributed by atoms with Crippen LogP contribution in [0.4, 0.5) is 0 Å². The molecule has 1 aromatic carbocycles. The van der Waals surface area contributed by atoms with Gasteiger partial charge >= 0.3 is 0 Å². The van der Waals surface area contributed by atoms with E-state index in [0.29, 0.717) is 11.8 Å². The van der Waals surface area contributed by atoms with Crippen molar-refractivity contribution >= 4 is 29.6 Å². The number of nitrogens with zero attached hydrogens (tertiary/aromatic N) is 6. The highest BCUT2D eigenvalue weighted by atomic mass is 15.3. The van der Waals surface area contributed by atoms with E-state index in [1.807, 2.05) is 4.52 Å². The minimum Gasteiger partial charge on any atom is -0.354 e. The fourth-order valence-corrected chi connectivity index (χ4v) is 5.38. The van der Waals surface area contributed by atoms with Crippen molar-refractivity contribution < 1.29 is 0 Å². The lowest BCUT2D eigenvalue weighted by molar-refractivity contribution is 0.218. The Balaban J connectivity index is 1.38. The number of hydrazone groups is 1. The van der Waals surface area contributed by atoms with Crippen LogP contribution in [-0.2, 0) is 0 Å². The molecule has 2 N–H and O–H groups in total. The fourth-order valence-electron chi connectivity index (χ4n) is 5.38. The number of H-pyrrole nitrogens is 1. The summed E-state index contributed by atoms with van der Waals surface area (Å²) in [6, 6.07) is 9.23. The number of piperidine rings is 1. The molecule has 5 rings (SSSR count). The van der Waals surface area contributed by atoms with E-state index in [0.717, 1.165) is 43.0 Å². The first-order valence-electron chi connectivity index (χ1n) is 12.4. The number of hydrogen-bond donors (Lipinski definition) is 2. The number of fused-ring (bicyclic) bond motifs is 2. The normalized spacial score (nSPS) is 15.7. The van der Waals surface area contributed by atoms with Crippen LogP contribution in [0.25, 0.3) is 27.8 Å². The largest absolute Gasteiger partial charge is 0.354 e. The molecule has 0 aliphatic carbocycles. The van der Waals surface area contributed by atoms with Gasteiger partial charge in [-0.15, -0.1) is 0 Å². The Kier molecular flexibility index (Phi) is 6.63. The van der Waals surface area contributed by atoms with Crippen molar-refractivity contribution in [2.45, 2.75) is 45.4 Å². The van der Waals surface area contributed by atoms with Gasteiger partial charge in [-0.25, -0.2) is 9.50 Å². The molecule has 8 nitrogen and oxygen atoms in total. The van der Waals surface area contributed by atoms with Crippen LogP contribution in [0.5, 0.6) is 0 Å². The number of aromatic nitrogens is 4. The first kappa shape index (κ1) is 23.2. The molecule has 0 saturated carbocycles. The third kappa shape index (κ3) is 4.71. The molecule has 4 aromatic rings. The summed E-state index contributed by atoms with van der Waals surface area (Å²) in [6.07, 6.45) is 7.66. The van der Waals surface area contributed by atoms with Crippen molar-refractivity contribution in [1.82, 2.24) is 29.9 Å². The van der Waals surface area contributed by atoms with E-state index in [9.17, 15) is 0 Å². The number of pyridine rings is 1. The molecule has 1 fully saturated rings. The van der Waals surface area contributed by atoms with Crippen molar-refractivity contribution in [3.63, 3.8) is 0 Å². The standard InChI is InChI=1S/C27H34N8/c1-18(2)25-23-14-21(20-7-10-34(11-8-20)12-9-29-16-31-28-4)5-6-24(23)33-26(25)22-13-19(3)27-30-17-32-35(27)15-22/h5-6,13-18,20,33H,4,7-12H2,1-3H3,(H,29,31). The lowest BCUT2D eigenvalue weighted by atomic mass is 9.87. The highest BCUT2D eigenvalue weighted by Gasteiger charge is 2.23. The van der Waals surface area contributed by atoms with Crippen LogP contribution in [0.2, 0.25) is 0 Å². The monoisotopic (exact) mass is 470 g/mol. The molecule has 35 heavy (non-hydrogen) atoms. The predicted molar refractivity (Wildman–Crippen MR) is 144 cm³/mol. The number of benzene rings is 1. The van der Waals surface area contributed by atoms with E-state index in [-0.39, 0.29) is 0 Å². The second kappa shape index (κ2) is 10.00. The number of likely N-dealkylation sites (tertiary alicyclic amines) is 1. The Hall–Kier alpha value is -3.52. The minimum absolute atomic E-state index is 0.397.